The lowest BCUT2D eigenvalue weighted by atomic mass is 9.88. The van der Waals surface area contributed by atoms with Gasteiger partial charge in [-0.1, -0.05) is 39.0 Å². The molecule has 0 aromatic carbocycles. The van der Waals surface area contributed by atoms with Gasteiger partial charge in [0.05, 0.1) is 6.61 Å². The quantitative estimate of drug-likeness (QED) is 0.286. The van der Waals surface area contributed by atoms with Crippen LogP contribution in [0.1, 0.15) is 53.4 Å². The first-order valence-corrected chi connectivity index (χ1v) is 12.3. The van der Waals surface area contributed by atoms with E-state index in [2.05, 4.69) is 59.5 Å². The summed E-state index contributed by atoms with van der Waals surface area (Å²) >= 11 is 0. The average Bonchev–Trinajstić information content (AvgIpc) is 2.75. The van der Waals surface area contributed by atoms with Crippen LogP contribution in [0, 0.1) is 5.92 Å². The van der Waals surface area contributed by atoms with Crippen LogP contribution in [0.4, 0.5) is 0 Å². The van der Waals surface area contributed by atoms with Crippen LogP contribution < -0.4 is 0 Å². The Bertz CT molecular complexity index is 593. The van der Waals surface area contributed by atoms with Crippen molar-refractivity contribution in [2.24, 2.45) is 5.92 Å². The number of hydrogen-bond acceptors (Lipinski definition) is 3. The fourth-order valence-electron chi connectivity index (χ4n) is 3.05. The van der Waals surface area contributed by atoms with Crippen molar-refractivity contribution in [3.8, 4) is 0 Å². The van der Waals surface area contributed by atoms with Crippen LogP contribution in [0.2, 0.25) is 18.1 Å². The second-order valence-corrected chi connectivity index (χ2v) is 13.8. The monoisotopic (exact) mass is 362 g/mol. The van der Waals surface area contributed by atoms with Crippen LogP contribution in [0.15, 0.2) is 35.5 Å². The minimum Gasteiger partial charge on any atom is -0.454 e. The second-order valence-electron chi connectivity index (χ2n) is 9.00. The summed E-state index contributed by atoms with van der Waals surface area (Å²) in [6.45, 7) is 18.2. The molecule has 25 heavy (non-hydrogen) atoms. The van der Waals surface area contributed by atoms with Crippen LogP contribution in [0.5, 0.6) is 0 Å². The number of fused-ring (bicyclic) bond motifs is 1. The lowest BCUT2D eigenvalue weighted by Crippen LogP contribution is -2.41. The molecule has 0 aromatic heterocycles. The van der Waals surface area contributed by atoms with Gasteiger partial charge in [0.1, 0.15) is 6.10 Å². The minimum absolute atomic E-state index is 0.0943. The molecule has 1 saturated heterocycles. The van der Waals surface area contributed by atoms with Crippen LogP contribution in [0.25, 0.3) is 0 Å². The maximum Gasteiger partial charge on any atom is 0.334 e. The van der Waals surface area contributed by atoms with Crippen molar-refractivity contribution in [2.45, 2.75) is 77.6 Å². The van der Waals surface area contributed by atoms with Crippen molar-refractivity contribution >= 4 is 14.3 Å². The Balaban J connectivity index is 2.10. The number of ether oxygens (including phenoxy) is 1. The van der Waals surface area contributed by atoms with Gasteiger partial charge in [-0.05, 0) is 62.4 Å². The molecule has 0 N–H and O–H groups in total. The predicted octanol–water partition coefficient (Wildman–Crippen LogP) is 5.55. The molecule has 0 saturated carbocycles. The first-order valence-electron chi connectivity index (χ1n) is 9.40. The highest BCUT2D eigenvalue weighted by Gasteiger charge is 2.38. The zero-order chi connectivity index (χ0) is 18.8. The molecule has 0 bridgehead atoms. The molecule has 2 atom stereocenters. The molecule has 0 spiro atoms. The van der Waals surface area contributed by atoms with Crippen LogP contribution in [-0.2, 0) is 14.0 Å². The smallest absolute Gasteiger partial charge is 0.334 e. The molecule has 1 aliphatic heterocycles. The van der Waals surface area contributed by atoms with E-state index in [4.69, 9.17) is 9.16 Å². The van der Waals surface area contributed by atoms with Gasteiger partial charge in [-0.25, -0.2) is 4.79 Å². The average molecular weight is 363 g/mol. The predicted molar refractivity (Wildman–Crippen MR) is 106 cm³/mol. The maximum absolute atomic E-state index is 11.9. The van der Waals surface area contributed by atoms with E-state index in [0.29, 0.717) is 12.2 Å². The molecule has 1 aliphatic carbocycles. The van der Waals surface area contributed by atoms with E-state index >= 15 is 0 Å². The van der Waals surface area contributed by atoms with Crippen LogP contribution >= 0.6 is 0 Å². The summed E-state index contributed by atoms with van der Waals surface area (Å²) in [4.78, 5) is 11.9. The normalized spacial score (nSPS) is 30.0. The Morgan fingerprint density at radius 2 is 2.00 bits per heavy atom. The molecule has 0 unspecified atom stereocenters. The van der Waals surface area contributed by atoms with Gasteiger partial charge >= 0.3 is 5.97 Å². The van der Waals surface area contributed by atoms with E-state index in [0.717, 1.165) is 25.7 Å². The molecular weight excluding hydrogens is 328 g/mol. The van der Waals surface area contributed by atoms with Gasteiger partial charge in [-0.3, -0.25) is 0 Å². The van der Waals surface area contributed by atoms with Gasteiger partial charge < -0.3 is 9.16 Å². The number of rotatable bonds is 3. The van der Waals surface area contributed by atoms with Crippen molar-refractivity contribution in [3.63, 3.8) is 0 Å². The SMILES string of the molecule is C=C1C(=O)O[C@@H]2/C=C(\C)CC/C=C(/CO[Si](C)(C)C(C)(C)C)CC[C@@H]12. The molecule has 140 valence electrons. The van der Waals surface area contributed by atoms with Gasteiger partial charge in [0.2, 0.25) is 0 Å². The van der Waals surface area contributed by atoms with E-state index in [1.165, 1.54) is 11.1 Å². The summed E-state index contributed by atoms with van der Waals surface area (Å²) in [5, 5.41) is 0.216. The van der Waals surface area contributed by atoms with Gasteiger partial charge in [0.25, 0.3) is 0 Å². The van der Waals surface area contributed by atoms with Gasteiger partial charge in [0.15, 0.2) is 8.32 Å². The van der Waals surface area contributed by atoms with Gasteiger partial charge in [-0.2, -0.15) is 0 Å². The van der Waals surface area contributed by atoms with Crippen molar-refractivity contribution < 1.29 is 14.0 Å². The van der Waals surface area contributed by atoms with E-state index in [1.54, 1.807) is 0 Å². The number of carbonyl (C=O) groups excluding carboxylic acids is 1. The number of carbonyl (C=O) groups is 1. The summed E-state index contributed by atoms with van der Waals surface area (Å²) in [5.41, 5.74) is 3.25. The molecule has 0 aromatic rings. The highest BCUT2D eigenvalue weighted by atomic mass is 28.4. The third kappa shape index (κ3) is 4.95. The van der Waals surface area contributed by atoms with Crippen LogP contribution in [-0.4, -0.2) is 27.0 Å². The number of allylic oxidation sites excluding steroid dienone is 2. The zero-order valence-corrected chi connectivity index (χ0v) is 17.8. The standard InChI is InChI=1S/C21H34O3Si/c1-15-9-8-10-17(14-23-25(6,7)21(3,4)5)11-12-18-16(2)20(22)24-19(18)13-15/h10,13,18-19H,2,8-9,11-12,14H2,1,3-7H3/b15-13+,17-10+/t18-,19+/m0/s1. The zero-order valence-electron chi connectivity index (χ0n) is 16.8. The molecule has 4 heteroatoms. The highest BCUT2D eigenvalue weighted by molar-refractivity contribution is 6.74. The Kier molecular flexibility index (Phi) is 6.16. The fourth-order valence-corrected chi connectivity index (χ4v) is 4.03. The molecule has 0 radical (unpaired) electrons. The summed E-state index contributed by atoms with van der Waals surface area (Å²) in [7, 11) is -1.75. The van der Waals surface area contributed by atoms with Gasteiger partial charge in [-0.15, -0.1) is 0 Å². The largest absolute Gasteiger partial charge is 0.454 e. The van der Waals surface area contributed by atoms with Crippen molar-refractivity contribution in [1.29, 1.82) is 0 Å². The Hall–Kier alpha value is -1.13. The first kappa shape index (κ1) is 20.2. The van der Waals surface area contributed by atoms with E-state index < -0.39 is 8.32 Å². The lowest BCUT2D eigenvalue weighted by Gasteiger charge is -2.36. The highest BCUT2D eigenvalue weighted by Crippen LogP contribution is 2.38. The third-order valence-corrected chi connectivity index (χ3v) is 10.4. The van der Waals surface area contributed by atoms with E-state index in [-0.39, 0.29) is 23.0 Å². The Morgan fingerprint density at radius 3 is 2.64 bits per heavy atom. The van der Waals surface area contributed by atoms with Crippen molar-refractivity contribution in [2.75, 3.05) is 6.61 Å². The fraction of sp³-hybridized carbons (Fsp3) is 0.667. The molecule has 2 rings (SSSR count). The Morgan fingerprint density at radius 1 is 1.32 bits per heavy atom. The molecule has 2 aliphatic rings. The minimum atomic E-state index is -1.75. The van der Waals surface area contributed by atoms with E-state index in [9.17, 15) is 4.79 Å². The second kappa shape index (κ2) is 7.63. The third-order valence-electron chi connectivity index (χ3n) is 5.97. The first-order chi connectivity index (χ1) is 11.5. The molecule has 1 heterocycles. The summed E-state index contributed by atoms with van der Waals surface area (Å²) in [5.74, 6) is -0.141. The van der Waals surface area contributed by atoms with E-state index in [1.807, 2.05) is 0 Å². The van der Waals surface area contributed by atoms with Gasteiger partial charge in [0, 0.05) is 11.5 Å². The number of esters is 1. The molecule has 1 fully saturated rings. The van der Waals surface area contributed by atoms with Crippen molar-refractivity contribution in [3.05, 3.63) is 35.5 Å². The topological polar surface area (TPSA) is 35.5 Å². The molecule has 3 nitrogen and oxygen atoms in total. The Labute approximate surface area is 154 Å². The van der Waals surface area contributed by atoms with Crippen LogP contribution in [0.3, 0.4) is 0 Å². The number of hydrogen-bond donors (Lipinski definition) is 0. The summed E-state index contributed by atoms with van der Waals surface area (Å²) < 4.78 is 11.9. The molecular formula is C21H34O3Si. The molecule has 0 amide bonds. The maximum atomic E-state index is 11.9. The van der Waals surface area contributed by atoms with Crippen molar-refractivity contribution in [1.82, 2.24) is 0 Å². The summed E-state index contributed by atoms with van der Waals surface area (Å²) in [6, 6.07) is 0. The lowest BCUT2D eigenvalue weighted by molar-refractivity contribution is -0.137. The summed E-state index contributed by atoms with van der Waals surface area (Å²) in [6.07, 6.45) is 8.17.